The summed E-state index contributed by atoms with van der Waals surface area (Å²) >= 11 is 0. The van der Waals surface area contributed by atoms with Gasteiger partial charge in [-0.15, -0.1) is 0 Å². The van der Waals surface area contributed by atoms with E-state index >= 15 is 0 Å². The van der Waals surface area contributed by atoms with E-state index in [2.05, 4.69) is 20.7 Å². The fourth-order valence-electron chi connectivity index (χ4n) is 3.29. The van der Waals surface area contributed by atoms with Gasteiger partial charge in [0.05, 0.1) is 24.1 Å². The minimum atomic E-state index is -4.37. The third-order valence-corrected chi connectivity index (χ3v) is 4.86. The molecule has 32 heavy (non-hydrogen) atoms. The number of halogens is 3. The molecule has 2 aromatic heterocycles. The number of guanidine groups is 1. The van der Waals surface area contributed by atoms with Gasteiger partial charge in [-0.25, -0.2) is 4.99 Å². The van der Waals surface area contributed by atoms with Crippen molar-refractivity contribution in [3.63, 3.8) is 0 Å². The smallest absolute Gasteiger partial charge is 0.416 e. The van der Waals surface area contributed by atoms with E-state index in [1.165, 1.54) is 6.07 Å². The highest BCUT2D eigenvalue weighted by Gasteiger charge is 2.30. The first-order chi connectivity index (χ1) is 15.3. The Morgan fingerprint density at radius 3 is 2.59 bits per heavy atom. The Morgan fingerprint density at radius 2 is 1.91 bits per heavy atom. The van der Waals surface area contributed by atoms with Gasteiger partial charge in [0, 0.05) is 31.7 Å². The Balaban J connectivity index is 1.58. The molecule has 1 aromatic carbocycles. The van der Waals surface area contributed by atoms with Crippen LogP contribution in [0.1, 0.15) is 34.7 Å². The molecule has 0 bridgehead atoms. The summed E-state index contributed by atoms with van der Waals surface area (Å²) < 4.78 is 46.2. The summed E-state index contributed by atoms with van der Waals surface area (Å²) in [5.74, 6) is 1.39. The predicted molar refractivity (Wildman–Crippen MR) is 117 cm³/mol. The standard InChI is InChI=1S/C23H28F3N5O/c1-17-14-18(2)31(30-17)12-5-10-27-22(28-11-9-21-8-4-13-32-21)29-16-19-6-3-7-20(15-19)23(24,25)26/h3-4,6-8,13-15H,5,9-12,16H2,1-2H3,(H2,27,28,29). The molecule has 9 heteroatoms. The Bertz CT molecular complexity index is 1010. The van der Waals surface area contributed by atoms with E-state index in [4.69, 9.17) is 4.42 Å². The van der Waals surface area contributed by atoms with Crippen LogP contribution in [-0.4, -0.2) is 28.8 Å². The van der Waals surface area contributed by atoms with Crippen LogP contribution < -0.4 is 10.6 Å². The number of benzene rings is 1. The first-order valence-electron chi connectivity index (χ1n) is 10.5. The quantitative estimate of drug-likeness (QED) is 0.288. The van der Waals surface area contributed by atoms with Crippen LogP contribution in [0.25, 0.3) is 0 Å². The van der Waals surface area contributed by atoms with Crippen LogP contribution in [0, 0.1) is 13.8 Å². The summed E-state index contributed by atoms with van der Waals surface area (Å²) in [6, 6.07) is 11.0. The minimum absolute atomic E-state index is 0.136. The maximum Gasteiger partial charge on any atom is 0.416 e. The first kappa shape index (κ1) is 23.4. The van der Waals surface area contributed by atoms with Crippen LogP contribution >= 0.6 is 0 Å². The van der Waals surface area contributed by atoms with Crippen molar-refractivity contribution in [2.45, 2.75) is 46.0 Å². The van der Waals surface area contributed by atoms with Gasteiger partial charge in [0.15, 0.2) is 5.96 Å². The van der Waals surface area contributed by atoms with Gasteiger partial charge in [-0.1, -0.05) is 12.1 Å². The average Bonchev–Trinajstić information content (AvgIpc) is 3.37. The van der Waals surface area contributed by atoms with Crippen LogP contribution in [0.15, 0.2) is 58.1 Å². The van der Waals surface area contributed by atoms with Gasteiger partial charge in [0.1, 0.15) is 5.76 Å². The summed E-state index contributed by atoms with van der Waals surface area (Å²) in [5.41, 5.74) is 1.92. The lowest BCUT2D eigenvalue weighted by atomic mass is 10.1. The number of furan rings is 1. The van der Waals surface area contributed by atoms with E-state index in [9.17, 15) is 13.2 Å². The predicted octanol–water partition coefficient (Wildman–Crippen LogP) is 4.48. The number of hydrogen-bond acceptors (Lipinski definition) is 3. The number of hydrogen-bond donors (Lipinski definition) is 2. The van der Waals surface area contributed by atoms with Crippen molar-refractivity contribution in [1.82, 2.24) is 20.4 Å². The minimum Gasteiger partial charge on any atom is -0.469 e. The van der Waals surface area contributed by atoms with E-state index in [0.717, 1.165) is 42.2 Å². The number of aryl methyl sites for hydroxylation is 3. The molecule has 2 N–H and O–H groups in total. The summed E-state index contributed by atoms with van der Waals surface area (Å²) in [6.07, 6.45) is -1.26. The largest absolute Gasteiger partial charge is 0.469 e. The number of nitrogens with zero attached hydrogens (tertiary/aromatic N) is 3. The molecular weight excluding hydrogens is 419 g/mol. The second-order valence-electron chi connectivity index (χ2n) is 7.55. The molecule has 0 radical (unpaired) electrons. The second kappa shape index (κ2) is 10.9. The Labute approximate surface area is 185 Å². The van der Waals surface area contributed by atoms with Crippen LogP contribution in [0.3, 0.4) is 0 Å². The maximum absolute atomic E-state index is 13.0. The van der Waals surface area contributed by atoms with E-state index in [-0.39, 0.29) is 6.54 Å². The molecule has 0 saturated heterocycles. The van der Waals surface area contributed by atoms with Crippen molar-refractivity contribution in [1.29, 1.82) is 0 Å². The SMILES string of the molecule is Cc1cc(C)n(CCCNC(=NCc2cccc(C(F)(F)F)c2)NCCc2ccco2)n1. The number of aliphatic imine (C=N–C) groups is 1. The van der Waals surface area contributed by atoms with E-state index in [1.54, 1.807) is 12.3 Å². The number of nitrogens with one attached hydrogen (secondary N) is 2. The molecule has 0 aliphatic carbocycles. The van der Waals surface area contributed by atoms with Gasteiger partial charge >= 0.3 is 6.18 Å². The maximum atomic E-state index is 13.0. The van der Waals surface area contributed by atoms with E-state index in [1.807, 2.05) is 36.7 Å². The Hall–Kier alpha value is -3.23. The van der Waals surface area contributed by atoms with E-state index < -0.39 is 11.7 Å². The van der Waals surface area contributed by atoms with Crippen LogP contribution in [0.2, 0.25) is 0 Å². The normalized spacial score (nSPS) is 12.2. The summed E-state index contributed by atoms with van der Waals surface area (Å²) in [7, 11) is 0. The van der Waals surface area contributed by atoms with Crippen molar-refractivity contribution < 1.29 is 17.6 Å². The van der Waals surface area contributed by atoms with Gasteiger partial charge in [-0.3, -0.25) is 4.68 Å². The van der Waals surface area contributed by atoms with Crippen molar-refractivity contribution in [2.75, 3.05) is 13.1 Å². The molecule has 0 spiro atoms. The highest BCUT2D eigenvalue weighted by Crippen LogP contribution is 2.29. The molecule has 3 aromatic rings. The highest BCUT2D eigenvalue weighted by atomic mass is 19.4. The van der Waals surface area contributed by atoms with Crippen LogP contribution in [0.4, 0.5) is 13.2 Å². The molecule has 0 amide bonds. The average molecular weight is 448 g/mol. The lowest BCUT2D eigenvalue weighted by molar-refractivity contribution is -0.137. The first-order valence-corrected chi connectivity index (χ1v) is 10.5. The number of rotatable bonds is 9. The van der Waals surface area contributed by atoms with E-state index in [0.29, 0.717) is 31.0 Å². The van der Waals surface area contributed by atoms with Gasteiger partial charge in [-0.2, -0.15) is 18.3 Å². The summed E-state index contributed by atoms with van der Waals surface area (Å²) in [6.45, 7) is 6.11. The lowest BCUT2D eigenvalue weighted by Crippen LogP contribution is -2.39. The third kappa shape index (κ3) is 7.18. The molecule has 3 rings (SSSR count). The zero-order valence-electron chi connectivity index (χ0n) is 18.2. The molecule has 172 valence electrons. The molecule has 6 nitrogen and oxygen atoms in total. The van der Waals surface area contributed by atoms with Gasteiger partial charge < -0.3 is 15.1 Å². The molecule has 0 aliphatic heterocycles. The fraction of sp³-hybridized carbons (Fsp3) is 0.391. The molecule has 0 fully saturated rings. The molecule has 0 atom stereocenters. The number of aromatic nitrogens is 2. The Kier molecular flexibility index (Phi) is 7.97. The summed E-state index contributed by atoms with van der Waals surface area (Å²) in [5, 5.41) is 10.9. The van der Waals surface area contributed by atoms with Gasteiger partial charge in [0.2, 0.25) is 0 Å². The zero-order valence-corrected chi connectivity index (χ0v) is 18.2. The molecule has 2 heterocycles. The van der Waals surface area contributed by atoms with Crippen molar-refractivity contribution >= 4 is 5.96 Å². The Morgan fingerprint density at radius 1 is 1.09 bits per heavy atom. The molecular formula is C23H28F3N5O. The van der Waals surface area contributed by atoms with Crippen LogP contribution in [0.5, 0.6) is 0 Å². The highest BCUT2D eigenvalue weighted by molar-refractivity contribution is 5.79. The van der Waals surface area contributed by atoms with Crippen molar-refractivity contribution in [3.8, 4) is 0 Å². The molecule has 0 unspecified atom stereocenters. The zero-order chi connectivity index (χ0) is 23.0. The number of alkyl halides is 3. The monoisotopic (exact) mass is 447 g/mol. The van der Waals surface area contributed by atoms with Crippen molar-refractivity contribution in [3.05, 3.63) is 77.0 Å². The summed E-state index contributed by atoms with van der Waals surface area (Å²) in [4.78, 5) is 4.48. The molecule has 0 aliphatic rings. The van der Waals surface area contributed by atoms with Gasteiger partial charge in [0.25, 0.3) is 0 Å². The van der Waals surface area contributed by atoms with Crippen LogP contribution in [-0.2, 0) is 25.7 Å². The lowest BCUT2D eigenvalue weighted by Gasteiger charge is -2.13. The molecule has 0 saturated carbocycles. The fourth-order valence-corrected chi connectivity index (χ4v) is 3.29. The second-order valence-corrected chi connectivity index (χ2v) is 7.55. The van der Waals surface area contributed by atoms with Gasteiger partial charge in [-0.05, 0) is 56.2 Å². The third-order valence-electron chi connectivity index (χ3n) is 4.86. The topological polar surface area (TPSA) is 67.4 Å². The van der Waals surface area contributed by atoms with Crippen molar-refractivity contribution in [2.24, 2.45) is 4.99 Å².